The van der Waals surface area contributed by atoms with Crippen LogP contribution >= 0.6 is 0 Å². The van der Waals surface area contributed by atoms with E-state index in [4.69, 9.17) is 19.9 Å². The Labute approximate surface area is 164 Å². The molecule has 2 aliphatic heterocycles. The molecule has 0 spiro atoms. The molecule has 0 saturated carbocycles. The molecule has 2 aliphatic rings. The summed E-state index contributed by atoms with van der Waals surface area (Å²) in [7, 11) is 0. The van der Waals surface area contributed by atoms with E-state index in [-0.39, 0.29) is 13.2 Å². The summed E-state index contributed by atoms with van der Waals surface area (Å²) in [6.45, 7) is 4.56. The number of nitrogens with one attached hydrogen (secondary N) is 2. The molecule has 4 rings (SSSR count). The van der Waals surface area contributed by atoms with Crippen molar-refractivity contribution in [3.8, 4) is 0 Å². The second-order valence-corrected chi connectivity index (χ2v) is 7.13. The fraction of sp³-hybridized carbons (Fsp3) is 0.667. The molecule has 10 heteroatoms. The monoisotopic (exact) mass is 388 g/mol. The minimum Gasteiger partial charge on any atom is -0.395 e. The highest BCUT2D eigenvalue weighted by molar-refractivity contribution is 5.95. The smallest absolute Gasteiger partial charge is 0.225 e. The zero-order chi connectivity index (χ0) is 19.3. The van der Waals surface area contributed by atoms with Crippen LogP contribution in [0.3, 0.4) is 0 Å². The second kappa shape index (κ2) is 8.70. The van der Waals surface area contributed by atoms with Gasteiger partial charge in [0, 0.05) is 39.3 Å². The highest BCUT2D eigenvalue weighted by Crippen LogP contribution is 2.33. The number of hydrogen-bond acceptors (Lipinski definition) is 10. The van der Waals surface area contributed by atoms with Gasteiger partial charge in [0.2, 0.25) is 11.9 Å². The minimum atomic E-state index is 0.0138. The lowest BCUT2D eigenvalue weighted by Gasteiger charge is -2.23. The van der Waals surface area contributed by atoms with Crippen molar-refractivity contribution in [2.75, 3.05) is 72.9 Å². The molecule has 10 nitrogen and oxygen atoms in total. The number of aromatic nitrogens is 4. The zero-order valence-corrected chi connectivity index (χ0v) is 16.1. The molecule has 4 heterocycles. The summed E-state index contributed by atoms with van der Waals surface area (Å²) in [4.78, 5) is 23.3. The van der Waals surface area contributed by atoms with Gasteiger partial charge in [-0.05, 0) is 25.7 Å². The summed E-state index contributed by atoms with van der Waals surface area (Å²) in [6, 6.07) is 0. The molecule has 0 atom stereocenters. The predicted octanol–water partition coefficient (Wildman–Crippen LogP) is 0.429. The first kappa shape index (κ1) is 18.9. The van der Waals surface area contributed by atoms with E-state index in [0.29, 0.717) is 25.0 Å². The van der Waals surface area contributed by atoms with Gasteiger partial charge in [-0.25, -0.2) is 9.97 Å². The van der Waals surface area contributed by atoms with Crippen LogP contribution in [-0.2, 0) is 0 Å². The van der Waals surface area contributed by atoms with Gasteiger partial charge in [0.25, 0.3) is 0 Å². The quantitative estimate of drug-likeness (QED) is 0.506. The average molecular weight is 388 g/mol. The number of anilines is 4. The number of fused-ring (bicyclic) bond motifs is 1. The van der Waals surface area contributed by atoms with Crippen LogP contribution in [0.25, 0.3) is 11.0 Å². The van der Waals surface area contributed by atoms with Crippen LogP contribution in [0.2, 0.25) is 0 Å². The Morgan fingerprint density at radius 1 is 0.643 bits per heavy atom. The van der Waals surface area contributed by atoms with Gasteiger partial charge in [-0.3, -0.25) is 0 Å². The van der Waals surface area contributed by atoms with Gasteiger partial charge in [0.1, 0.15) is 11.0 Å². The molecule has 0 unspecified atom stereocenters. The van der Waals surface area contributed by atoms with E-state index in [1.165, 1.54) is 0 Å². The average Bonchev–Trinajstić information content (AvgIpc) is 3.43. The standard InChI is InChI=1S/C18H28N8O2/c27-11-5-19-17-22-14-13(15(23-17)25-7-1-2-8-25)21-18(20-6-12-28)24-16(14)26-9-3-4-10-26/h27-28H,1-12H2,(H,19,22,23)(H,20,21,24). The second-order valence-electron chi connectivity index (χ2n) is 7.13. The van der Waals surface area contributed by atoms with E-state index in [9.17, 15) is 10.2 Å². The molecule has 2 aromatic rings. The first-order chi connectivity index (χ1) is 13.8. The van der Waals surface area contributed by atoms with E-state index < -0.39 is 0 Å². The van der Waals surface area contributed by atoms with Gasteiger partial charge >= 0.3 is 0 Å². The number of aliphatic hydroxyl groups excluding tert-OH is 2. The number of aliphatic hydroxyl groups is 2. The van der Waals surface area contributed by atoms with E-state index in [1.807, 2.05) is 0 Å². The Kier molecular flexibility index (Phi) is 5.87. The molecule has 0 aliphatic carbocycles. The van der Waals surface area contributed by atoms with Gasteiger partial charge in [0.15, 0.2) is 11.6 Å². The maximum atomic E-state index is 9.18. The molecule has 0 bridgehead atoms. The lowest BCUT2D eigenvalue weighted by atomic mass is 10.3. The first-order valence-electron chi connectivity index (χ1n) is 10.1. The Balaban J connectivity index is 1.86. The lowest BCUT2D eigenvalue weighted by molar-refractivity contribution is 0.310. The highest BCUT2D eigenvalue weighted by Gasteiger charge is 2.25. The van der Waals surface area contributed by atoms with E-state index in [0.717, 1.165) is 74.5 Å². The Bertz CT molecular complexity index is 739. The molecule has 28 heavy (non-hydrogen) atoms. The maximum absolute atomic E-state index is 9.18. The maximum Gasteiger partial charge on any atom is 0.225 e. The SMILES string of the molecule is OCCNc1nc(N2CCCC2)c2nc(NCCO)nc(N3CCCC3)c2n1. The van der Waals surface area contributed by atoms with E-state index >= 15 is 0 Å². The normalized spacial score (nSPS) is 16.9. The van der Waals surface area contributed by atoms with Gasteiger partial charge in [-0.15, -0.1) is 0 Å². The van der Waals surface area contributed by atoms with E-state index in [2.05, 4.69) is 20.4 Å². The molecule has 0 aromatic carbocycles. The predicted molar refractivity (Wildman–Crippen MR) is 109 cm³/mol. The van der Waals surface area contributed by atoms with Crippen molar-refractivity contribution in [3.63, 3.8) is 0 Å². The van der Waals surface area contributed by atoms with Crippen molar-refractivity contribution in [3.05, 3.63) is 0 Å². The van der Waals surface area contributed by atoms with Crippen molar-refractivity contribution >= 4 is 34.6 Å². The molecule has 2 saturated heterocycles. The topological polar surface area (TPSA) is 123 Å². The molecule has 2 fully saturated rings. The van der Waals surface area contributed by atoms with Crippen molar-refractivity contribution in [2.45, 2.75) is 25.7 Å². The van der Waals surface area contributed by atoms with Crippen LogP contribution in [0.5, 0.6) is 0 Å². The van der Waals surface area contributed by atoms with Crippen molar-refractivity contribution in [2.24, 2.45) is 0 Å². The minimum absolute atomic E-state index is 0.0138. The van der Waals surface area contributed by atoms with Crippen LogP contribution in [-0.4, -0.2) is 82.6 Å². The summed E-state index contributed by atoms with van der Waals surface area (Å²) >= 11 is 0. The summed E-state index contributed by atoms with van der Waals surface area (Å²) in [6.07, 6.45) is 4.52. The van der Waals surface area contributed by atoms with Crippen LogP contribution < -0.4 is 20.4 Å². The number of rotatable bonds is 8. The number of nitrogens with zero attached hydrogens (tertiary/aromatic N) is 6. The Morgan fingerprint density at radius 2 is 1.04 bits per heavy atom. The molecule has 0 radical (unpaired) electrons. The van der Waals surface area contributed by atoms with Crippen LogP contribution in [0.15, 0.2) is 0 Å². The summed E-state index contributed by atoms with van der Waals surface area (Å²) < 4.78 is 0. The van der Waals surface area contributed by atoms with Crippen LogP contribution in [0.4, 0.5) is 23.5 Å². The Morgan fingerprint density at radius 3 is 1.39 bits per heavy atom. The summed E-state index contributed by atoms with van der Waals surface area (Å²) in [5.74, 6) is 2.59. The molecule has 152 valence electrons. The first-order valence-corrected chi connectivity index (χ1v) is 10.1. The van der Waals surface area contributed by atoms with E-state index in [1.54, 1.807) is 0 Å². The van der Waals surface area contributed by atoms with Gasteiger partial charge in [0.05, 0.1) is 13.2 Å². The summed E-state index contributed by atoms with van der Waals surface area (Å²) in [5, 5.41) is 24.5. The zero-order valence-electron chi connectivity index (χ0n) is 16.1. The Hall–Kier alpha value is -2.46. The van der Waals surface area contributed by atoms with Gasteiger partial charge in [-0.2, -0.15) is 9.97 Å². The van der Waals surface area contributed by atoms with Crippen LogP contribution in [0, 0.1) is 0 Å². The molecule has 4 N–H and O–H groups in total. The molecule has 0 amide bonds. The highest BCUT2D eigenvalue weighted by atomic mass is 16.3. The van der Waals surface area contributed by atoms with Crippen molar-refractivity contribution in [1.29, 1.82) is 0 Å². The van der Waals surface area contributed by atoms with Crippen molar-refractivity contribution < 1.29 is 10.2 Å². The largest absolute Gasteiger partial charge is 0.395 e. The third kappa shape index (κ3) is 3.88. The van der Waals surface area contributed by atoms with Gasteiger partial charge in [-0.1, -0.05) is 0 Å². The molecular formula is C18H28N8O2. The summed E-state index contributed by atoms with van der Waals surface area (Å²) in [5.41, 5.74) is 1.46. The van der Waals surface area contributed by atoms with Crippen LogP contribution in [0.1, 0.15) is 25.7 Å². The lowest BCUT2D eigenvalue weighted by Crippen LogP contribution is -2.24. The third-order valence-corrected chi connectivity index (χ3v) is 5.11. The fourth-order valence-electron chi connectivity index (χ4n) is 3.78. The number of hydrogen-bond donors (Lipinski definition) is 4. The molecular weight excluding hydrogens is 360 g/mol. The molecule has 2 aromatic heterocycles. The fourth-order valence-corrected chi connectivity index (χ4v) is 3.78. The van der Waals surface area contributed by atoms with Crippen molar-refractivity contribution in [1.82, 2.24) is 19.9 Å². The third-order valence-electron chi connectivity index (χ3n) is 5.11. The van der Waals surface area contributed by atoms with Gasteiger partial charge < -0.3 is 30.6 Å².